The Morgan fingerprint density at radius 1 is 0.339 bits per heavy atom. The predicted molar refractivity (Wildman–Crippen MR) is 235 cm³/mol. The lowest BCUT2D eigenvalue weighted by molar-refractivity contribution is 1.17. The monoisotopic (exact) mass is 709 g/mol. The maximum atomic E-state index is 10.7. The van der Waals surface area contributed by atoms with Crippen molar-refractivity contribution in [3.63, 3.8) is 0 Å². The van der Waals surface area contributed by atoms with Crippen molar-refractivity contribution in [2.75, 3.05) is 0 Å². The van der Waals surface area contributed by atoms with Gasteiger partial charge in [0.25, 0.3) is 0 Å². The summed E-state index contributed by atoms with van der Waals surface area (Å²) >= 11 is 0. The van der Waals surface area contributed by atoms with Gasteiger partial charge in [0.2, 0.25) is 0 Å². The van der Waals surface area contributed by atoms with Crippen LogP contribution >= 0.6 is 0 Å². The SMILES string of the molecule is N#Cc1cc(-c2ccc(-n3c4ccccc4c4cc5c6ccccc6n(-c6ccccc6)c5cc43)c3ccccc23)cc2c3ccccc3c3ccccc3c12. The van der Waals surface area contributed by atoms with Crippen LogP contribution in [0.5, 0.6) is 0 Å². The van der Waals surface area contributed by atoms with E-state index in [1.165, 1.54) is 48.9 Å². The highest BCUT2D eigenvalue weighted by Crippen LogP contribution is 2.44. The maximum Gasteiger partial charge on any atom is 0.0998 e. The van der Waals surface area contributed by atoms with Crippen LogP contribution in [0.3, 0.4) is 0 Å². The summed E-state index contributed by atoms with van der Waals surface area (Å²) < 4.78 is 4.84. The molecular weight excluding hydrogens is 679 g/mol. The molecule has 0 amide bonds. The Morgan fingerprint density at radius 3 is 1.54 bits per heavy atom. The molecule has 0 spiro atoms. The van der Waals surface area contributed by atoms with E-state index in [1.54, 1.807) is 0 Å². The standard InChI is InChI=1S/C53H31N3/c54-32-34-28-33(29-47-40-19-5-4-17-38(40)39-18-7-9-23-44(39)53(34)47)36-26-27-50(41-20-8-6-16-37(36)41)56-49-25-13-11-22-43(49)46-30-45-42-21-10-12-24-48(42)55(51(45)31-52(46)56)35-14-2-1-3-15-35/h1-31H. The van der Waals surface area contributed by atoms with E-state index in [0.717, 1.165) is 60.3 Å². The second-order valence-corrected chi connectivity index (χ2v) is 14.8. The zero-order chi connectivity index (χ0) is 36.9. The van der Waals surface area contributed by atoms with Gasteiger partial charge in [-0.25, -0.2) is 0 Å². The van der Waals surface area contributed by atoms with E-state index < -0.39 is 0 Å². The van der Waals surface area contributed by atoms with Crippen LogP contribution in [0.1, 0.15) is 5.56 Å². The Labute approximate surface area is 322 Å². The zero-order valence-electron chi connectivity index (χ0n) is 30.2. The Hall–Kier alpha value is -7.67. The van der Waals surface area contributed by atoms with Crippen molar-refractivity contribution < 1.29 is 0 Å². The topological polar surface area (TPSA) is 33.6 Å². The fraction of sp³-hybridized carbons (Fsp3) is 0. The van der Waals surface area contributed by atoms with Crippen molar-refractivity contribution in [3.8, 4) is 28.6 Å². The molecule has 3 nitrogen and oxygen atoms in total. The van der Waals surface area contributed by atoms with Crippen molar-refractivity contribution in [3.05, 3.63) is 194 Å². The first-order valence-electron chi connectivity index (χ1n) is 19.1. The molecule has 2 aromatic heterocycles. The van der Waals surface area contributed by atoms with Crippen LogP contribution in [0.15, 0.2) is 188 Å². The molecule has 0 unspecified atom stereocenters. The largest absolute Gasteiger partial charge is 0.309 e. The minimum absolute atomic E-state index is 0.688. The third-order valence-corrected chi connectivity index (χ3v) is 11.9. The van der Waals surface area contributed by atoms with Crippen molar-refractivity contribution >= 4 is 86.7 Å². The number of fused-ring (bicyclic) bond motifs is 13. The molecule has 0 atom stereocenters. The number of hydrogen-bond donors (Lipinski definition) is 0. The van der Waals surface area contributed by atoms with Crippen LogP contribution in [0, 0.1) is 11.3 Å². The van der Waals surface area contributed by atoms with Gasteiger partial charge < -0.3 is 9.13 Å². The molecule has 10 aromatic carbocycles. The van der Waals surface area contributed by atoms with Gasteiger partial charge >= 0.3 is 0 Å². The van der Waals surface area contributed by atoms with Crippen LogP contribution in [0.4, 0.5) is 0 Å². The lowest BCUT2D eigenvalue weighted by Gasteiger charge is -2.17. The number of benzene rings is 10. The van der Waals surface area contributed by atoms with Gasteiger partial charge in [-0.3, -0.25) is 0 Å². The Kier molecular flexibility index (Phi) is 6.41. The summed E-state index contributed by atoms with van der Waals surface area (Å²) in [6.45, 7) is 0. The normalized spacial score (nSPS) is 11.9. The lowest BCUT2D eigenvalue weighted by Crippen LogP contribution is -1.97. The molecule has 12 rings (SSSR count). The molecule has 0 radical (unpaired) electrons. The Bertz CT molecular complexity index is 3650. The smallest absolute Gasteiger partial charge is 0.0998 e. The van der Waals surface area contributed by atoms with E-state index in [9.17, 15) is 5.26 Å². The molecule has 0 N–H and O–H groups in total. The van der Waals surface area contributed by atoms with Gasteiger partial charge in [0.05, 0.1) is 39.4 Å². The van der Waals surface area contributed by atoms with E-state index in [1.807, 2.05) is 0 Å². The van der Waals surface area contributed by atoms with Crippen LogP contribution < -0.4 is 0 Å². The number of hydrogen-bond acceptors (Lipinski definition) is 1. The Balaban J connectivity index is 1.15. The summed E-state index contributed by atoms with van der Waals surface area (Å²) in [5.74, 6) is 0. The number of aromatic nitrogens is 2. The van der Waals surface area contributed by atoms with Crippen LogP contribution in [0.25, 0.3) is 109 Å². The van der Waals surface area contributed by atoms with Crippen LogP contribution in [-0.4, -0.2) is 9.13 Å². The number of para-hydroxylation sites is 3. The zero-order valence-corrected chi connectivity index (χ0v) is 30.2. The fourth-order valence-electron chi connectivity index (χ4n) is 9.55. The van der Waals surface area contributed by atoms with Gasteiger partial charge in [0.15, 0.2) is 0 Å². The van der Waals surface area contributed by atoms with Crippen LogP contribution in [0.2, 0.25) is 0 Å². The quantitative estimate of drug-likeness (QED) is 0.168. The van der Waals surface area contributed by atoms with E-state index in [-0.39, 0.29) is 0 Å². The lowest BCUT2D eigenvalue weighted by atomic mass is 9.88. The predicted octanol–water partition coefficient (Wildman–Crippen LogP) is 14.0. The first kappa shape index (κ1) is 30.8. The fourth-order valence-corrected chi connectivity index (χ4v) is 9.55. The highest BCUT2D eigenvalue weighted by molar-refractivity contribution is 6.27. The van der Waals surface area contributed by atoms with Gasteiger partial charge in [-0.1, -0.05) is 133 Å². The number of nitriles is 1. The summed E-state index contributed by atoms with van der Waals surface area (Å²) in [4.78, 5) is 0. The average Bonchev–Trinajstić information content (AvgIpc) is 3.77. The summed E-state index contributed by atoms with van der Waals surface area (Å²) in [6.07, 6.45) is 0. The second kappa shape index (κ2) is 11.7. The highest BCUT2D eigenvalue weighted by atomic mass is 15.0. The summed E-state index contributed by atoms with van der Waals surface area (Å²) in [5, 5.41) is 24.6. The molecule has 12 aromatic rings. The maximum absolute atomic E-state index is 10.7. The van der Waals surface area contributed by atoms with Crippen molar-refractivity contribution in [1.82, 2.24) is 9.13 Å². The molecule has 2 heterocycles. The minimum atomic E-state index is 0.688. The molecule has 0 fully saturated rings. The Morgan fingerprint density at radius 2 is 0.857 bits per heavy atom. The molecule has 3 heteroatoms. The third kappa shape index (κ3) is 4.21. The molecule has 258 valence electrons. The van der Waals surface area contributed by atoms with Crippen molar-refractivity contribution in [2.45, 2.75) is 0 Å². The molecule has 0 bridgehead atoms. The van der Waals surface area contributed by atoms with Crippen molar-refractivity contribution in [1.29, 1.82) is 5.26 Å². The summed E-state index contributed by atoms with van der Waals surface area (Å²) in [7, 11) is 0. The van der Waals surface area contributed by atoms with E-state index >= 15 is 0 Å². The molecule has 56 heavy (non-hydrogen) atoms. The summed E-state index contributed by atoms with van der Waals surface area (Å²) in [6, 6.07) is 70.2. The second-order valence-electron chi connectivity index (χ2n) is 14.8. The molecule has 0 aliphatic heterocycles. The van der Waals surface area contributed by atoms with Crippen LogP contribution in [-0.2, 0) is 0 Å². The van der Waals surface area contributed by atoms with Gasteiger partial charge in [0, 0.05) is 38.0 Å². The van der Waals surface area contributed by atoms with Gasteiger partial charge in [-0.2, -0.15) is 5.26 Å². The first-order valence-corrected chi connectivity index (χ1v) is 19.1. The van der Waals surface area contributed by atoms with Gasteiger partial charge in [0.1, 0.15) is 0 Å². The average molecular weight is 710 g/mol. The number of rotatable bonds is 3. The molecule has 0 aliphatic rings. The van der Waals surface area contributed by atoms with Crippen molar-refractivity contribution in [2.24, 2.45) is 0 Å². The molecule has 0 aliphatic carbocycles. The number of nitrogens with zero attached hydrogens (tertiary/aromatic N) is 3. The first-order chi connectivity index (χ1) is 27.8. The third-order valence-electron chi connectivity index (χ3n) is 11.9. The minimum Gasteiger partial charge on any atom is -0.309 e. The van der Waals surface area contributed by atoms with Gasteiger partial charge in [-0.05, 0) is 98.0 Å². The summed E-state index contributed by atoms with van der Waals surface area (Å²) in [5.41, 5.74) is 9.79. The highest BCUT2D eigenvalue weighted by Gasteiger charge is 2.21. The van der Waals surface area contributed by atoms with E-state index in [0.29, 0.717) is 5.56 Å². The van der Waals surface area contributed by atoms with E-state index in [2.05, 4.69) is 203 Å². The molecule has 0 saturated heterocycles. The van der Waals surface area contributed by atoms with E-state index in [4.69, 9.17) is 0 Å². The van der Waals surface area contributed by atoms with Gasteiger partial charge in [-0.15, -0.1) is 0 Å². The molecular formula is C53H31N3. The molecule has 0 saturated carbocycles.